The van der Waals surface area contributed by atoms with E-state index in [2.05, 4.69) is 10.6 Å². The van der Waals surface area contributed by atoms with Crippen molar-refractivity contribution in [3.05, 3.63) is 78.3 Å². The average Bonchev–Trinajstić information content (AvgIpc) is 3.28. The monoisotopic (exact) mass is 394 g/mol. The topological polar surface area (TPSA) is 97.2 Å². The maximum atomic E-state index is 12.3. The molecule has 0 bridgehead atoms. The van der Waals surface area contributed by atoms with Crippen molar-refractivity contribution >= 4 is 23.2 Å². The number of nitrogens with one attached hydrogen (secondary N) is 2. The summed E-state index contributed by atoms with van der Waals surface area (Å²) in [4.78, 5) is 24.5. The molecule has 1 aromatic heterocycles. The molecule has 29 heavy (non-hydrogen) atoms. The van der Waals surface area contributed by atoms with Crippen LogP contribution < -0.4 is 20.7 Å². The molecule has 0 aliphatic rings. The third-order valence-electron chi connectivity index (χ3n) is 4.43. The molecule has 150 valence electrons. The third kappa shape index (κ3) is 5.70. The van der Waals surface area contributed by atoms with Crippen LogP contribution in [0.3, 0.4) is 0 Å². The van der Waals surface area contributed by atoms with Crippen LogP contribution in [-0.4, -0.2) is 25.5 Å². The van der Waals surface area contributed by atoms with E-state index >= 15 is 0 Å². The van der Waals surface area contributed by atoms with Gasteiger partial charge in [0.25, 0.3) is 11.8 Å². The van der Waals surface area contributed by atoms with Crippen LogP contribution >= 0.6 is 0 Å². The van der Waals surface area contributed by atoms with Gasteiger partial charge in [0, 0.05) is 16.9 Å². The van der Waals surface area contributed by atoms with E-state index in [1.165, 1.54) is 0 Å². The summed E-state index contributed by atoms with van der Waals surface area (Å²) in [7, 11) is 1.59. The summed E-state index contributed by atoms with van der Waals surface area (Å²) >= 11 is 0. The van der Waals surface area contributed by atoms with Gasteiger partial charge in [0.1, 0.15) is 11.8 Å². The second kappa shape index (κ2) is 9.57. The SMILES string of the molecule is COc1ccc(NC(=O)c2ccc(NC(=O)C[NH2+][C@@H](C)c3ccco3)cc2)cc1. The van der Waals surface area contributed by atoms with Crippen LogP contribution in [0.2, 0.25) is 0 Å². The number of carbonyl (C=O) groups excluding carboxylic acids is 2. The lowest BCUT2D eigenvalue weighted by molar-refractivity contribution is -0.684. The largest absolute Gasteiger partial charge is 0.497 e. The van der Waals surface area contributed by atoms with E-state index in [9.17, 15) is 9.59 Å². The number of hydrogen-bond acceptors (Lipinski definition) is 4. The first kappa shape index (κ1) is 20.2. The van der Waals surface area contributed by atoms with E-state index < -0.39 is 0 Å². The number of hydrogen-bond donors (Lipinski definition) is 3. The standard InChI is InChI=1S/C22H23N3O4/c1-15(20-4-3-13-29-20)23-14-21(26)24-17-7-5-16(6-8-17)22(27)25-18-9-11-19(28-2)12-10-18/h3-13,15,23H,14H2,1-2H3,(H,24,26)(H,25,27)/p+1/t15-/m0/s1. The summed E-state index contributed by atoms with van der Waals surface area (Å²) in [5, 5.41) is 7.54. The number of benzene rings is 2. The Bertz CT molecular complexity index is 935. The highest BCUT2D eigenvalue weighted by Gasteiger charge is 2.14. The fourth-order valence-corrected chi connectivity index (χ4v) is 2.74. The molecule has 0 radical (unpaired) electrons. The van der Waals surface area contributed by atoms with Crippen molar-refractivity contribution in [2.45, 2.75) is 13.0 Å². The number of carbonyl (C=O) groups is 2. The number of quaternary nitrogens is 1. The first-order chi connectivity index (χ1) is 14.0. The van der Waals surface area contributed by atoms with Crippen molar-refractivity contribution in [3.63, 3.8) is 0 Å². The molecule has 1 heterocycles. The number of methoxy groups -OCH3 is 1. The molecule has 3 aromatic rings. The fourth-order valence-electron chi connectivity index (χ4n) is 2.74. The summed E-state index contributed by atoms with van der Waals surface area (Å²) in [6, 6.07) is 17.6. The van der Waals surface area contributed by atoms with Crippen LogP contribution in [0.5, 0.6) is 5.75 Å². The molecule has 0 aliphatic heterocycles. The number of furan rings is 1. The van der Waals surface area contributed by atoms with Crippen LogP contribution in [0, 0.1) is 0 Å². The van der Waals surface area contributed by atoms with Gasteiger partial charge in [-0.1, -0.05) is 0 Å². The summed E-state index contributed by atoms with van der Waals surface area (Å²) in [6.07, 6.45) is 1.62. The van der Waals surface area contributed by atoms with Crippen LogP contribution in [0.1, 0.15) is 29.1 Å². The van der Waals surface area contributed by atoms with Gasteiger partial charge in [-0.2, -0.15) is 0 Å². The van der Waals surface area contributed by atoms with Gasteiger partial charge in [-0.3, -0.25) is 9.59 Å². The van der Waals surface area contributed by atoms with Crippen LogP contribution in [0.25, 0.3) is 0 Å². The average molecular weight is 394 g/mol. The Labute approximate surface area is 169 Å². The second-order valence-corrected chi connectivity index (χ2v) is 6.55. The van der Waals surface area contributed by atoms with Gasteiger partial charge in [0.05, 0.1) is 13.4 Å². The summed E-state index contributed by atoms with van der Waals surface area (Å²) in [5.41, 5.74) is 1.81. The lowest BCUT2D eigenvalue weighted by atomic mass is 10.2. The van der Waals surface area contributed by atoms with Crippen LogP contribution in [0.15, 0.2) is 71.3 Å². The first-order valence-electron chi connectivity index (χ1n) is 9.27. The molecular weight excluding hydrogens is 370 g/mol. The normalized spacial score (nSPS) is 11.5. The molecule has 3 rings (SSSR count). The van der Waals surface area contributed by atoms with Gasteiger partial charge < -0.3 is 25.1 Å². The zero-order chi connectivity index (χ0) is 20.6. The Kier molecular flexibility index (Phi) is 6.65. The van der Waals surface area contributed by atoms with Crippen molar-refractivity contribution < 1.29 is 24.1 Å². The Hall–Kier alpha value is -3.58. The van der Waals surface area contributed by atoms with Gasteiger partial charge in [0.2, 0.25) is 0 Å². The minimum atomic E-state index is -0.228. The molecule has 0 saturated heterocycles. The number of anilines is 2. The number of nitrogens with two attached hydrogens (primary N) is 1. The molecular formula is C22H24N3O4+. The van der Waals surface area contributed by atoms with Gasteiger partial charge in [0.15, 0.2) is 12.3 Å². The van der Waals surface area contributed by atoms with E-state index in [4.69, 9.17) is 9.15 Å². The first-order valence-corrected chi connectivity index (χ1v) is 9.27. The molecule has 0 aliphatic carbocycles. The molecule has 0 fully saturated rings. The van der Waals surface area contributed by atoms with Gasteiger partial charge in [-0.05, 0) is 67.6 Å². The number of ether oxygens (including phenoxy) is 1. The van der Waals surface area contributed by atoms with E-state index in [-0.39, 0.29) is 24.4 Å². The smallest absolute Gasteiger partial charge is 0.279 e. The van der Waals surface area contributed by atoms with Crippen molar-refractivity contribution in [3.8, 4) is 5.75 Å². The van der Waals surface area contributed by atoms with E-state index in [1.807, 2.05) is 24.4 Å². The Morgan fingerprint density at radius 1 is 1.00 bits per heavy atom. The molecule has 1 atom stereocenters. The summed E-state index contributed by atoms with van der Waals surface area (Å²) in [6.45, 7) is 2.24. The molecule has 7 heteroatoms. The molecule has 0 unspecified atom stereocenters. The van der Waals surface area contributed by atoms with Crippen LogP contribution in [0.4, 0.5) is 11.4 Å². The molecule has 0 saturated carbocycles. The molecule has 4 N–H and O–H groups in total. The minimum Gasteiger partial charge on any atom is -0.497 e. The Balaban J connectivity index is 1.49. The van der Waals surface area contributed by atoms with Gasteiger partial charge in [-0.15, -0.1) is 0 Å². The summed E-state index contributed by atoms with van der Waals surface area (Å²) < 4.78 is 10.4. The minimum absolute atomic E-state index is 0.0553. The van der Waals surface area contributed by atoms with Crippen LogP contribution in [-0.2, 0) is 4.79 Å². The maximum absolute atomic E-state index is 12.3. The maximum Gasteiger partial charge on any atom is 0.279 e. The highest BCUT2D eigenvalue weighted by atomic mass is 16.5. The van der Waals surface area contributed by atoms with Crippen molar-refractivity contribution in [1.29, 1.82) is 0 Å². The van der Waals surface area contributed by atoms with Crippen molar-refractivity contribution in [2.75, 3.05) is 24.3 Å². The molecule has 0 spiro atoms. The Morgan fingerprint density at radius 3 is 2.28 bits per heavy atom. The van der Waals surface area contributed by atoms with E-state index in [0.717, 1.165) is 11.5 Å². The molecule has 2 amide bonds. The predicted octanol–water partition coefficient (Wildman–Crippen LogP) is 2.80. The van der Waals surface area contributed by atoms with Gasteiger partial charge >= 0.3 is 0 Å². The zero-order valence-electron chi connectivity index (χ0n) is 16.3. The third-order valence-corrected chi connectivity index (χ3v) is 4.43. The quantitative estimate of drug-likeness (QED) is 0.547. The van der Waals surface area contributed by atoms with E-state index in [0.29, 0.717) is 16.9 Å². The number of rotatable bonds is 8. The predicted molar refractivity (Wildman–Crippen MR) is 110 cm³/mol. The zero-order valence-corrected chi connectivity index (χ0v) is 16.3. The van der Waals surface area contributed by atoms with Crippen molar-refractivity contribution in [1.82, 2.24) is 0 Å². The molecule has 2 aromatic carbocycles. The van der Waals surface area contributed by atoms with E-state index in [1.54, 1.807) is 61.9 Å². The lowest BCUT2D eigenvalue weighted by Crippen LogP contribution is -2.86. The molecule has 7 nitrogen and oxygen atoms in total. The van der Waals surface area contributed by atoms with Crippen molar-refractivity contribution in [2.24, 2.45) is 0 Å². The summed E-state index contributed by atoms with van der Waals surface area (Å²) in [5.74, 6) is 1.19. The lowest BCUT2D eigenvalue weighted by Gasteiger charge is -2.09. The number of amides is 2. The highest BCUT2D eigenvalue weighted by Crippen LogP contribution is 2.17. The highest BCUT2D eigenvalue weighted by molar-refractivity contribution is 6.04. The van der Waals surface area contributed by atoms with Gasteiger partial charge in [-0.25, -0.2) is 0 Å². The fraction of sp³-hybridized carbons (Fsp3) is 0.182. The Morgan fingerprint density at radius 2 is 1.66 bits per heavy atom. The second-order valence-electron chi connectivity index (χ2n) is 6.55.